The SMILES string of the molecule is Cc1cc(N(C)C2CCN(C)CC2)c2ccc(C(=O)O)cc2n1. The number of carboxylic acid groups (broad SMARTS) is 1. The molecule has 2 aromatic rings. The summed E-state index contributed by atoms with van der Waals surface area (Å²) in [6.45, 7) is 4.18. The Hall–Kier alpha value is -2.14. The molecule has 1 N–H and O–H groups in total. The molecule has 122 valence electrons. The van der Waals surface area contributed by atoms with Gasteiger partial charge in [-0.15, -0.1) is 0 Å². The van der Waals surface area contributed by atoms with Crippen molar-refractivity contribution in [1.82, 2.24) is 9.88 Å². The summed E-state index contributed by atoms with van der Waals surface area (Å²) in [6.07, 6.45) is 2.28. The van der Waals surface area contributed by atoms with Gasteiger partial charge in [-0.1, -0.05) is 0 Å². The first kappa shape index (κ1) is 15.7. The van der Waals surface area contributed by atoms with Crippen molar-refractivity contribution in [1.29, 1.82) is 0 Å². The van der Waals surface area contributed by atoms with Crippen LogP contribution in [-0.4, -0.2) is 54.2 Å². The second-order valence-corrected chi connectivity index (χ2v) is 6.47. The maximum absolute atomic E-state index is 11.2. The minimum atomic E-state index is -0.916. The van der Waals surface area contributed by atoms with Gasteiger partial charge in [-0.2, -0.15) is 0 Å². The van der Waals surface area contributed by atoms with Gasteiger partial charge in [0, 0.05) is 29.9 Å². The minimum Gasteiger partial charge on any atom is -0.478 e. The van der Waals surface area contributed by atoms with E-state index in [0.29, 0.717) is 6.04 Å². The fourth-order valence-electron chi connectivity index (χ4n) is 3.34. The zero-order valence-corrected chi connectivity index (χ0v) is 13.9. The first-order valence-electron chi connectivity index (χ1n) is 8.02. The summed E-state index contributed by atoms with van der Waals surface area (Å²) >= 11 is 0. The van der Waals surface area contributed by atoms with Crippen molar-refractivity contribution in [2.45, 2.75) is 25.8 Å². The molecule has 23 heavy (non-hydrogen) atoms. The lowest BCUT2D eigenvalue weighted by Crippen LogP contribution is -2.42. The maximum atomic E-state index is 11.2. The van der Waals surface area contributed by atoms with E-state index in [0.717, 1.165) is 48.2 Å². The lowest BCUT2D eigenvalue weighted by molar-refractivity contribution is 0.0697. The van der Waals surface area contributed by atoms with Crippen LogP contribution in [0, 0.1) is 6.92 Å². The smallest absolute Gasteiger partial charge is 0.335 e. The standard InChI is InChI=1S/C18H23N3O2/c1-12-10-17(21(3)14-6-8-20(2)9-7-14)15-5-4-13(18(22)23)11-16(15)19-12/h4-5,10-11,14H,6-9H2,1-3H3,(H,22,23). The van der Waals surface area contributed by atoms with Crippen molar-refractivity contribution in [3.63, 3.8) is 0 Å². The molecule has 1 aromatic heterocycles. The van der Waals surface area contributed by atoms with E-state index in [1.54, 1.807) is 12.1 Å². The Balaban J connectivity index is 2.01. The second kappa shape index (κ2) is 6.16. The number of fused-ring (bicyclic) bond motifs is 1. The Kier molecular flexibility index (Phi) is 4.22. The van der Waals surface area contributed by atoms with Crippen LogP contribution in [0.4, 0.5) is 5.69 Å². The van der Waals surface area contributed by atoms with Gasteiger partial charge in [0.1, 0.15) is 0 Å². The molecule has 0 atom stereocenters. The molecular formula is C18H23N3O2. The molecule has 1 fully saturated rings. The van der Waals surface area contributed by atoms with Gasteiger partial charge in [0.15, 0.2) is 0 Å². The summed E-state index contributed by atoms with van der Waals surface area (Å²) < 4.78 is 0. The monoisotopic (exact) mass is 313 g/mol. The largest absolute Gasteiger partial charge is 0.478 e. The number of hydrogen-bond donors (Lipinski definition) is 1. The molecule has 3 rings (SSSR count). The predicted molar refractivity (Wildman–Crippen MR) is 92.4 cm³/mol. The zero-order valence-electron chi connectivity index (χ0n) is 13.9. The van der Waals surface area contributed by atoms with Crippen molar-refractivity contribution >= 4 is 22.6 Å². The summed E-state index contributed by atoms with van der Waals surface area (Å²) in [5.41, 5.74) is 3.08. The van der Waals surface area contributed by atoms with Crippen LogP contribution in [0.5, 0.6) is 0 Å². The fourth-order valence-corrected chi connectivity index (χ4v) is 3.34. The third kappa shape index (κ3) is 3.15. The maximum Gasteiger partial charge on any atom is 0.335 e. The van der Waals surface area contributed by atoms with Crippen LogP contribution in [-0.2, 0) is 0 Å². The Morgan fingerprint density at radius 3 is 2.65 bits per heavy atom. The van der Waals surface area contributed by atoms with E-state index in [2.05, 4.69) is 34.9 Å². The number of hydrogen-bond acceptors (Lipinski definition) is 4. The average molecular weight is 313 g/mol. The van der Waals surface area contributed by atoms with Crippen LogP contribution in [0.15, 0.2) is 24.3 Å². The molecule has 1 aliphatic rings. The molecule has 5 nitrogen and oxygen atoms in total. The van der Waals surface area contributed by atoms with Crippen LogP contribution < -0.4 is 4.90 Å². The Morgan fingerprint density at radius 2 is 2.00 bits per heavy atom. The van der Waals surface area contributed by atoms with Crippen molar-refractivity contribution < 1.29 is 9.90 Å². The summed E-state index contributed by atoms with van der Waals surface area (Å²) in [4.78, 5) is 20.4. The third-order valence-electron chi connectivity index (χ3n) is 4.78. The third-order valence-corrected chi connectivity index (χ3v) is 4.78. The topological polar surface area (TPSA) is 56.7 Å². The number of piperidine rings is 1. The van der Waals surface area contributed by atoms with Crippen molar-refractivity contribution in [3.8, 4) is 0 Å². The van der Waals surface area contributed by atoms with Crippen LogP contribution >= 0.6 is 0 Å². The Labute approximate surface area is 136 Å². The Morgan fingerprint density at radius 1 is 1.30 bits per heavy atom. The van der Waals surface area contributed by atoms with Gasteiger partial charge in [0.05, 0.1) is 11.1 Å². The highest BCUT2D eigenvalue weighted by molar-refractivity contribution is 5.97. The van der Waals surface area contributed by atoms with Crippen LogP contribution in [0.2, 0.25) is 0 Å². The number of pyridine rings is 1. The number of rotatable bonds is 3. The zero-order chi connectivity index (χ0) is 16.6. The summed E-state index contributed by atoms with van der Waals surface area (Å²) in [7, 11) is 4.30. The number of anilines is 1. The molecule has 0 amide bonds. The number of aromatic nitrogens is 1. The number of likely N-dealkylation sites (tertiary alicyclic amines) is 1. The first-order chi connectivity index (χ1) is 11.0. The molecule has 1 aromatic carbocycles. The fraction of sp³-hybridized carbons (Fsp3) is 0.444. The highest BCUT2D eigenvalue weighted by Gasteiger charge is 2.22. The molecule has 0 radical (unpaired) electrons. The number of aryl methyl sites for hydroxylation is 1. The molecule has 0 aliphatic carbocycles. The normalized spacial score (nSPS) is 16.7. The molecule has 0 bridgehead atoms. The van der Waals surface area contributed by atoms with Crippen molar-refractivity contribution in [3.05, 3.63) is 35.5 Å². The summed E-state index contributed by atoms with van der Waals surface area (Å²) in [6, 6.07) is 7.81. The van der Waals surface area contributed by atoms with Gasteiger partial charge in [0.25, 0.3) is 0 Å². The average Bonchev–Trinajstić information content (AvgIpc) is 2.53. The molecule has 5 heteroatoms. The number of carboxylic acids is 1. The van der Waals surface area contributed by atoms with E-state index in [9.17, 15) is 9.90 Å². The Bertz CT molecular complexity index is 736. The van der Waals surface area contributed by atoms with Crippen LogP contribution in [0.1, 0.15) is 28.9 Å². The van der Waals surface area contributed by atoms with E-state index in [4.69, 9.17) is 0 Å². The number of nitrogens with zero attached hydrogens (tertiary/aromatic N) is 3. The molecule has 1 saturated heterocycles. The van der Waals surface area contributed by atoms with Gasteiger partial charge < -0.3 is 14.9 Å². The van der Waals surface area contributed by atoms with Gasteiger partial charge in [-0.25, -0.2) is 4.79 Å². The molecule has 2 heterocycles. The summed E-state index contributed by atoms with van der Waals surface area (Å²) in [5.74, 6) is -0.916. The van der Waals surface area contributed by atoms with Gasteiger partial charge in [-0.05, 0) is 64.2 Å². The molecular weight excluding hydrogens is 290 g/mol. The predicted octanol–water partition coefficient (Wildman–Crippen LogP) is 2.77. The van der Waals surface area contributed by atoms with Gasteiger partial charge in [-0.3, -0.25) is 4.98 Å². The molecule has 0 spiro atoms. The van der Waals surface area contributed by atoms with E-state index in [1.165, 1.54) is 0 Å². The highest BCUT2D eigenvalue weighted by Crippen LogP contribution is 2.30. The lowest BCUT2D eigenvalue weighted by atomic mass is 10.0. The second-order valence-electron chi connectivity index (χ2n) is 6.47. The number of carbonyl (C=O) groups is 1. The van der Waals surface area contributed by atoms with E-state index in [1.807, 2.05) is 13.0 Å². The highest BCUT2D eigenvalue weighted by atomic mass is 16.4. The lowest BCUT2D eigenvalue weighted by Gasteiger charge is -2.37. The van der Waals surface area contributed by atoms with E-state index >= 15 is 0 Å². The van der Waals surface area contributed by atoms with Crippen LogP contribution in [0.25, 0.3) is 10.9 Å². The van der Waals surface area contributed by atoms with Crippen molar-refractivity contribution in [2.75, 3.05) is 32.1 Å². The molecule has 1 aliphatic heterocycles. The first-order valence-corrected chi connectivity index (χ1v) is 8.02. The van der Waals surface area contributed by atoms with Crippen LogP contribution in [0.3, 0.4) is 0 Å². The minimum absolute atomic E-state index is 0.281. The molecule has 0 unspecified atom stereocenters. The quantitative estimate of drug-likeness (QED) is 0.944. The van der Waals surface area contributed by atoms with Crippen molar-refractivity contribution in [2.24, 2.45) is 0 Å². The van der Waals surface area contributed by atoms with E-state index < -0.39 is 5.97 Å². The van der Waals surface area contributed by atoms with Gasteiger partial charge >= 0.3 is 5.97 Å². The summed E-state index contributed by atoms with van der Waals surface area (Å²) in [5, 5.41) is 10.2. The molecule has 0 saturated carbocycles. The number of aromatic carboxylic acids is 1. The number of benzene rings is 1. The van der Waals surface area contributed by atoms with E-state index in [-0.39, 0.29) is 5.56 Å². The van der Waals surface area contributed by atoms with Gasteiger partial charge in [0.2, 0.25) is 0 Å².